The fourth-order valence-electron chi connectivity index (χ4n) is 0.958. The fourth-order valence-corrected chi connectivity index (χ4v) is 2.55. The third-order valence-corrected chi connectivity index (χ3v) is 4.28. The summed E-state index contributed by atoms with van der Waals surface area (Å²) in [5, 5.41) is -0.731. The molecule has 0 spiro atoms. The van der Waals surface area contributed by atoms with Gasteiger partial charge in [0, 0.05) is 4.47 Å². The molecule has 9 heteroatoms. The lowest BCUT2D eigenvalue weighted by Crippen LogP contribution is -2.23. The van der Waals surface area contributed by atoms with Crippen LogP contribution in [0.25, 0.3) is 0 Å². The van der Waals surface area contributed by atoms with Crippen molar-refractivity contribution >= 4 is 43.0 Å². The van der Waals surface area contributed by atoms with Gasteiger partial charge in [0.1, 0.15) is 0 Å². The van der Waals surface area contributed by atoms with E-state index in [1.807, 2.05) is 0 Å². The Morgan fingerprint density at radius 3 is 2.56 bits per heavy atom. The summed E-state index contributed by atoms with van der Waals surface area (Å²) in [5.41, 5.74) is 2.49. The van der Waals surface area contributed by atoms with Gasteiger partial charge in [-0.15, -0.1) is 0 Å². The predicted molar refractivity (Wildman–Crippen MR) is 72.5 cm³/mol. The van der Waals surface area contributed by atoms with E-state index >= 15 is 0 Å². The minimum absolute atomic E-state index is 0.102. The van der Waals surface area contributed by atoms with E-state index in [1.54, 1.807) is 19.2 Å². The van der Waals surface area contributed by atoms with Gasteiger partial charge in [0.2, 0.25) is 9.84 Å². The van der Waals surface area contributed by atoms with Crippen molar-refractivity contribution in [2.45, 2.75) is 4.90 Å². The van der Waals surface area contributed by atoms with Gasteiger partial charge in [-0.1, -0.05) is 15.9 Å². The van der Waals surface area contributed by atoms with E-state index in [-0.39, 0.29) is 4.90 Å². The molecule has 0 bridgehead atoms. The first-order valence-electron chi connectivity index (χ1n) is 4.69. The standard InChI is InChI=1S/C9H11BrN2O4S2/c1-11-12-17-9(13)16-6-18(14,15)8-4-2-7(10)3-5-8/h2-5,11-12H,6H2,1H3. The predicted octanol–water partition coefficient (Wildman–Crippen LogP) is 1.69. The maximum absolute atomic E-state index is 11.8. The summed E-state index contributed by atoms with van der Waals surface area (Å²) in [5.74, 6) is -0.689. The third kappa shape index (κ3) is 4.94. The second kappa shape index (κ2) is 7.10. The molecule has 0 unspecified atom stereocenters. The van der Waals surface area contributed by atoms with E-state index in [0.717, 1.165) is 4.47 Å². The normalized spacial score (nSPS) is 11.2. The Labute approximate surface area is 118 Å². The summed E-state index contributed by atoms with van der Waals surface area (Å²) in [6.07, 6.45) is 0. The molecule has 0 saturated heterocycles. The van der Waals surface area contributed by atoms with Crippen LogP contribution in [0.5, 0.6) is 0 Å². The Morgan fingerprint density at radius 1 is 1.39 bits per heavy atom. The van der Waals surface area contributed by atoms with Crippen LogP contribution in [-0.4, -0.2) is 26.7 Å². The van der Waals surface area contributed by atoms with Crippen molar-refractivity contribution < 1.29 is 17.9 Å². The molecule has 0 aliphatic carbocycles. The highest BCUT2D eigenvalue weighted by Gasteiger charge is 2.17. The minimum atomic E-state index is -3.62. The van der Waals surface area contributed by atoms with E-state index < -0.39 is 21.1 Å². The van der Waals surface area contributed by atoms with Crippen molar-refractivity contribution in [1.29, 1.82) is 0 Å². The first kappa shape index (κ1) is 15.4. The highest BCUT2D eigenvalue weighted by atomic mass is 79.9. The average molecular weight is 355 g/mol. The van der Waals surface area contributed by atoms with Crippen molar-refractivity contribution in [3.05, 3.63) is 28.7 Å². The van der Waals surface area contributed by atoms with Crippen LogP contribution in [0, 0.1) is 0 Å². The monoisotopic (exact) mass is 354 g/mol. The van der Waals surface area contributed by atoms with Crippen LogP contribution in [0.2, 0.25) is 0 Å². The SMILES string of the molecule is CNNSC(=O)OCS(=O)(=O)c1ccc(Br)cc1. The van der Waals surface area contributed by atoms with Gasteiger partial charge in [-0.25, -0.2) is 13.2 Å². The van der Waals surface area contributed by atoms with E-state index in [1.165, 1.54) is 12.1 Å². The number of hydrogen-bond donors (Lipinski definition) is 2. The molecular formula is C9H11BrN2O4S2. The quantitative estimate of drug-likeness (QED) is 0.472. The van der Waals surface area contributed by atoms with Crippen LogP contribution < -0.4 is 10.3 Å². The first-order valence-corrected chi connectivity index (χ1v) is 7.95. The van der Waals surface area contributed by atoms with Gasteiger partial charge in [0.05, 0.1) is 16.8 Å². The summed E-state index contributed by atoms with van der Waals surface area (Å²) < 4.78 is 29.0. The van der Waals surface area contributed by atoms with Gasteiger partial charge in [0.15, 0.2) is 5.94 Å². The Balaban J connectivity index is 2.60. The van der Waals surface area contributed by atoms with Crippen LogP contribution >= 0.6 is 27.9 Å². The lowest BCUT2D eigenvalue weighted by molar-refractivity contribution is 0.192. The second-order valence-corrected chi connectivity index (χ2v) is 6.63. The molecule has 0 saturated carbocycles. The first-order chi connectivity index (χ1) is 8.45. The van der Waals surface area contributed by atoms with Crippen LogP contribution in [0.1, 0.15) is 0 Å². The topological polar surface area (TPSA) is 84.5 Å². The van der Waals surface area contributed by atoms with Gasteiger partial charge in [-0.2, -0.15) is 4.83 Å². The fraction of sp³-hybridized carbons (Fsp3) is 0.222. The summed E-state index contributed by atoms with van der Waals surface area (Å²) >= 11 is 3.82. The summed E-state index contributed by atoms with van der Waals surface area (Å²) in [6, 6.07) is 6.08. The number of nitrogens with one attached hydrogen (secondary N) is 2. The maximum atomic E-state index is 11.8. The van der Waals surface area contributed by atoms with E-state index in [4.69, 9.17) is 0 Å². The van der Waals surface area contributed by atoms with Crippen LogP contribution in [-0.2, 0) is 14.6 Å². The van der Waals surface area contributed by atoms with Gasteiger partial charge in [0.25, 0.3) is 0 Å². The van der Waals surface area contributed by atoms with Crippen molar-refractivity contribution in [3.63, 3.8) is 0 Å². The molecule has 0 aliphatic rings. The van der Waals surface area contributed by atoms with Crippen LogP contribution in [0.15, 0.2) is 33.6 Å². The number of sulfone groups is 1. The highest BCUT2D eigenvalue weighted by Crippen LogP contribution is 2.16. The van der Waals surface area contributed by atoms with Crippen LogP contribution in [0.3, 0.4) is 0 Å². The minimum Gasteiger partial charge on any atom is -0.440 e. The zero-order valence-corrected chi connectivity index (χ0v) is 12.6. The third-order valence-electron chi connectivity index (χ3n) is 1.74. The molecule has 1 aromatic carbocycles. The van der Waals surface area contributed by atoms with E-state index in [0.29, 0.717) is 11.9 Å². The molecule has 100 valence electrons. The second-order valence-electron chi connectivity index (χ2n) is 3.03. The lowest BCUT2D eigenvalue weighted by atomic mass is 10.4. The number of rotatable bonds is 5. The number of carbonyl (C=O) groups excluding carboxylic acids is 1. The molecule has 0 radical (unpaired) electrons. The maximum Gasteiger partial charge on any atom is 0.384 e. The zero-order chi connectivity index (χ0) is 13.6. The highest BCUT2D eigenvalue weighted by molar-refractivity contribution is 9.10. The number of hydrogen-bond acceptors (Lipinski definition) is 7. The number of halogens is 1. The molecular weight excluding hydrogens is 344 g/mol. The molecule has 0 heterocycles. The molecule has 0 aliphatic heterocycles. The smallest absolute Gasteiger partial charge is 0.384 e. The summed E-state index contributed by atoms with van der Waals surface area (Å²) in [6.45, 7) is 0. The summed E-state index contributed by atoms with van der Waals surface area (Å²) in [4.78, 5) is 13.6. The van der Waals surface area contributed by atoms with E-state index in [2.05, 4.69) is 30.9 Å². The van der Waals surface area contributed by atoms with Crippen molar-refractivity contribution in [2.24, 2.45) is 0 Å². The van der Waals surface area contributed by atoms with Gasteiger partial charge >= 0.3 is 5.30 Å². The lowest BCUT2D eigenvalue weighted by Gasteiger charge is -2.06. The molecule has 0 amide bonds. The average Bonchev–Trinajstić information content (AvgIpc) is 2.34. The zero-order valence-electron chi connectivity index (χ0n) is 9.34. The van der Waals surface area contributed by atoms with Crippen molar-refractivity contribution in [2.75, 3.05) is 13.0 Å². The molecule has 0 fully saturated rings. The van der Waals surface area contributed by atoms with Crippen LogP contribution in [0.4, 0.5) is 4.79 Å². The summed E-state index contributed by atoms with van der Waals surface area (Å²) in [7, 11) is -2.05. The Morgan fingerprint density at radius 2 is 2.00 bits per heavy atom. The molecule has 0 atom stereocenters. The largest absolute Gasteiger partial charge is 0.440 e. The number of benzene rings is 1. The van der Waals surface area contributed by atoms with E-state index in [9.17, 15) is 13.2 Å². The van der Waals surface area contributed by atoms with Gasteiger partial charge < -0.3 is 4.74 Å². The molecule has 18 heavy (non-hydrogen) atoms. The Hall–Kier alpha value is -0.610. The van der Waals surface area contributed by atoms with Crippen molar-refractivity contribution in [1.82, 2.24) is 10.3 Å². The molecule has 1 aromatic rings. The number of ether oxygens (including phenoxy) is 1. The number of hydrazine groups is 1. The molecule has 1 rings (SSSR count). The molecule has 0 aromatic heterocycles. The molecule has 2 N–H and O–H groups in total. The van der Waals surface area contributed by atoms with Gasteiger partial charge in [-0.3, -0.25) is 5.43 Å². The Kier molecular flexibility index (Phi) is 6.09. The number of carbonyl (C=O) groups is 1. The van der Waals surface area contributed by atoms with Gasteiger partial charge in [-0.05, 0) is 31.3 Å². The molecule has 6 nitrogen and oxygen atoms in total. The van der Waals surface area contributed by atoms with Crippen molar-refractivity contribution in [3.8, 4) is 0 Å². The Bertz CT molecular complexity index is 504.